The van der Waals surface area contributed by atoms with Crippen molar-refractivity contribution in [1.82, 2.24) is 4.31 Å². The molecular weight excluding hydrogens is 350 g/mol. The van der Waals surface area contributed by atoms with E-state index in [-0.39, 0.29) is 6.54 Å². The Morgan fingerprint density at radius 1 is 1.15 bits per heavy atom. The number of sulfonamides is 1. The number of carbonyl (C=O) groups excluding carboxylic acids is 1. The summed E-state index contributed by atoms with van der Waals surface area (Å²) in [5, 5.41) is 0. The minimum Gasteiger partial charge on any atom is -0.468 e. The van der Waals surface area contributed by atoms with E-state index < -0.39 is 21.7 Å². The van der Waals surface area contributed by atoms with E-state index in [9.17, 15) is 13.2 Å². The molecule has 26 heavy (non-hydrogen) atoms. The molecule has 0 heterocycles. The minimum absolute atomic E-state index is 0.179. The molecule has 0 aliphatic rings. The third kappa shape index (κ3) is 5.28. The first-order valence-electron chi connectivity index (χ1n) is 8.17. The number of rotatable bonds is 7. The number of carbonyl (C=O) groups is 1. The van der Waals surface area contributed by atoms with Gasteiger partial charge in [-0.2, -0.15) is 0 Å². The summed E-state index contributed by atoms with van der Waals surface area (Å²) in [7, 11) is -1.07. The number of hydrogen-bond donors (Lipinski definition) is 0. The molecule has 0 aliphatic carbocycles. The largest absolute Gasteiger partial charge is 0.468 e. The highest BCUT2D eigenvalue weighted by Gasteiger charge is 2.21. The fourth-order valence-corrected chi connectivity index (χ4v) is 3.45. The highest BCUT2D eigenvalue weighted by Crippen LogP contribution is 2.24. The van der Waals surface area contributed by atoms with Gasteiger partial charge in [0.1, 0.15) is 0 Å². The number of ether oxygens (including phenoxy) is 1. The Kier molecular flexibility index (Phi) is 6.71. The molecule has 0 aliphatic heterocycles. The predicted molar refractivity (Wildman–Crippen MR) is 104 cm³/mol. The van der Waals surface area contributed by atoms with Crippen molar-refractivity contribution in [3.05, 3.63) is 65.7 Å². The Hall–Kier alpha value is -2.44. The van der Waals surface area contributed by atoms with E-state index in [1.165, 1.54) is 19.7 Å². The minimum atomic E-state index is -3.67. The molecule has 0 fully saturated rings. The van der Waals surface area contributed by atoms with Crippen LogP contribution in [0, 0.1) is 6.92 Å². The zero-order valence-electron chi connectivity index (χ0n) is 15.2. The van der Waals surface area contributed by atoms with Gasteiger partial charge in [-0.05, 0) is 29.2 Å². The molecule has 0 unspecified atom stereocenters. The van der Waals surface area contributed by atoms with E-state index in [1.807, 2.05) is 37.3 Å². The van der Waals surface area contributed by atoms with Gasteiger partial charge in [0.05, 0.1) is 7.11 Å². The van der Waals surface area contributed by atoms with E-state index in [0.717, 1.165) is 21.0 Å². The van der Waals surface area contributed by atoms with Gasteiger partial charge in [0, 0.05) is 13.6 Å². The van der Waals surface area contributed by atoms with Crippen LogP contribution in [0.1, 0.15) is 11.1 Å². The first kappa shape index (κ1) is 19.9. The molecule has 138 valence electrons. The molecule has 2 rings (SSSR count). The van der Waals surface area contributed by atoms with Gasteiger partial charge in [-0.3, -0.25) is 4.79 Å². The molecule has 0 radical (unpaired) electrons. The highest BCUT2D eigenvalue weighted by atomic mass is 32.2. The van der Waals surface area contributed by atoms with Gasteiger partial charge in [-0.15, -0.1) is 0 Å². The Morgan fingerprint density at radius 2 is 1.85 bits per heavy atom. The van der Waals surface area contributed by atoms with Crippen LogP contribution in [0.25, 0.3) is 17.2 Å². The summed E-state index contributed by atoms with van der Waals surface area (Å²) in [5.74, 6) is -1.42. The fourth-order valence-electron chi connectivity index (χ4n) is 2.50. The molecule has 0 aromatic heterocycles. The quantitative estimate of drug-likeness (QED) is 0.700. The maximum absolute atomic E-state index is 12.0. The lowest BCUT2D eigenvalue weighted by atomic mass is 9.98. The second kappa shape index (κ2) is 8.78. The monoisotopic (exact) mass is 373 g/mol. The number of methoxy groups -OCH3 is 1. The second-order valence-electron chi connectivity index (χ2n) is 5.96. The highest BCUT2D eigenvalue weighted by molar-refractivity contribution is 7.89. The van der Waals surface area contributed by atoms with Crippen LogP contribution < -0.4 is 0 Å². The molecule has 0 saturated carbocycles. The molecule has 2 aromatic rings. The maximum atomic E-state index is 12.0. The van der Waals surface area contributed by atoms with Gasteiger partial charge in [-0.1, -0.05) is 60.7 Å². The van der Waals surface area contributed by atoms with Crippen LogP contribution in [-0.4, -0.2) is 45.1 Å². The number of aryl methyl sites for hydroxylation is 1. The lowest BCUT2D eigenvalue weighted by Gasteiger charge is -2.14. The lowest BCUT2D eigenvalue weighted by molar-refractivity contribution is -0.137. The van der Waals surface area contributed by atoms with Crippen LogP contribution >= 0.6 is 0 Å². The van der Waals surface area contributed by atoms with E-state index in [0.29, 0.717) is 0 Å². The summed E-state index contributed by atoms with van der Waals surface area (Å²) in [4.78, 5) is 11.2. The lowest BCUT2D eigenvalue weighted by Crippen LogP contribution is -2.32. The number of likely N-dealkylation sites (N-methyl/N-ethyl adjacent to an activating group) is 1. The van der Waals surface area contributed by atoms with Crippen LogP contribution in [0.2, 0.25) is 0 Å². The van der Waals surface area contributed by atoms with Crippen LogP contribution in [0.3, 0.4) is 0 Å². The summed E-state index contributed by atoms with van der Waals surface area (Å²) in [6, 6.07) is 16.2. The number of nitrogens with zero attached hydrogens (tertiary/aromatic N) is 1. The van der Waals surface area contributed by atoms with Crippen molar-refractivity contribution < 1.29 is 17.9 Å². The fraction of sp³-hybridized carbons (Fsp3) is 0.250. The second-order valence-corrected chi connectivity index (χ2v) is 8.03. The SMILES string of the molecule is COC(=O)CS(=O)(=O)N(C)C/C=C/c1ccc(-c2ccccc2)c(C)c1. The maximum Gasteiger partial charge on any atom is 0.322 e. The molecule has 2 aromatic carbocycles. The third-order valence-electron chi connectivity index (χ3n) is 4.01. The molecule has 0 N–H and O–H groups in total. The molecule has 0 bridgehead atoms. The zero-order chi connectivity index (χ0) is 19.2. The van der Waals surface area contributed by atoms with Crippen molar-refractivity contribution in [3.8, 4) is 11.1 Å². The van der Waals surface area contributed by atoms with E-state index in [4.69, 9.17) is 0 Å². The topological polar surface area (TPSA) is 63.7 Å². The molecule has 0 spiro atoms. The normalized spacial score (nSPS) is 11.8. The number of benzene rings is 2. The van der Waals surface area contributed by atoms with Crippen molar-refractivity contribution in [3.63, 3.8) is 0 Å². The van der Waals surface area contributed by atoms with Crippen molar-refractivity contribution in [1.29, 1.82) is 0 Å². The average molecular weight is 373 g/mol. The molecule has 0 amide bonds. The van der Waals surface area contributed by atoms with Gasteiger partial charge >= 0.3 is 5.97 Å². The third-order valence-corrected chi connectivity index (χ3v) is 5.71. The van der Waals surface area contributed by atoms with Crippen molar-refractivity contribution in [2.45, 2.75) is 6.92 Å². The van der Waals surface area contributed by atoms with Crippen LogP contribution in [0.15, 0.2) is 54.6 Å². The van der Waals surface area contributed by atoms with E-state index >= 15 is 0 Å². The Bertz CT molecular complexity index is 889. The van der Waals surface area contributed by atoms with E-state index in [1.54, 1.807) is 6.08 Å². The predicted octanol–water partition coefficient (Wildman–Crippen LogP) is 3.11. The van der Waals surface area contributed by atoms with Crippen molar-refractivity contribution in [2.75, 3.05) is 26.5 Å². The molecule has 5 nitrogen and oxygen atoms in total. The summed E-state index contributed by atoms with van der Waals surface area (Å²) in [5.41, 5.74) is 4.46. The van der Waals surface area contributed by atoms with Crippen molar-refractivity contribution >= 4 is 22.1 Å². The number of esters is 1. The summed E-state index contributed by atoms with van der Waals surface area (Å²) < 4.78 is 29.5. The van der Waals surface area contributed by atoms with Gasteiger partial charge < -0.3 is 4.74 Å². The molecule has 6 heteroatoms. The first-order chi connectivity index (χ1) is 12.3. The summed E-state index contributed by atoms with van der Waals surface area (Å²) >= 11 is 0. The molecule has 0 atom stereocenters. The standard InChI is InChI=1S/C20H23NO4S/c1-16-14-17(11-12-19(16)18-9-5-4-6-10-18)8-7-13-21(2)26(23,24)15-20(22)25-3/h4-12,14H,13,15H2,1-3H3/b8-7+. The Balaban J connectivity index is 2.05. The van der Waals surface area contributed by atoms with Gasteiger partial charge in [0.2, 0.25) is 10.0 Å². The molecular formula is C20H23NO4S. The van der Waals surface area contributed by atoms with Gasteiger partial charge in [0.15, 0.2) is 5.75 Å². The van der Waals surface area contributed by atoms with Gasteiger partial charge in [0.25, 0.3) is 0 Å². The van der Waals surface area contributed by atoms with Crippen LogP contribution in [0.5, 0.6) is 0 Å². The first-order valence-corrected chi connectivity index (χ1v) is 9.78. The Morgan fingerprint density at radius 3 is 2.46 bits per heavy atom. The van der Waals surface area contributed by atoms with Crippen molar-refractivity contribution in [2.24, 2.45) is 0 Å². The average Bonchev–Trinajstić information content (AvgIpc) is 2.62. The van der Waals surface area contributed by atoms with Gasteiger partial charge in [-0.25, -0.2) is 12.7 Å². The summed E-state index contributed by atoms with van der Waals surface area (Å²) in [6.07, 6.45) is 3.62. The molecule has 0 saturated heterocycles. The van der Waals surface area contributed by atoms with E-state index in [2.05, 4.69) is 29.0 Å². The Labute approximate surface area is 155 Å². The summed E-state index contributed by atoms with van der Waals surface area (Å²) in [6.45, 7) is 2.23. The number of hydrogen-bond acceptors (Lipinski definition) is 4. The van der Waals surface area contributed by atoms with Crippen LogP contribution in [0.4, 0.5) is 0 Å². The van der Waals surface area contributed by atoms with Crippen LogP contribution in [-0.2, 0) is 19.6 Å². The smallest absolute Gasteiger partial charge is 0.322 e. The zero-order valence-corrected chi connectivity index (χ0v) is 16.0.